The molecule has 1 fully saturated rings. The summed E-state index contributed by atoms with van der Waals surface area (Å²) in [6.45, 7) is 4.81. The monoisotopic (exact) mass is 257 g/mol. The SMILES string of the molecule is C=C(c1cc2cc(OC)ccc2n1COC)C1CC1. The summed E-state index contributed by atoms with van der Waals surface area (Å²) in [5.41, 5.74) is 3.58. The van der Waals surface area contributed by atoms with E-state index in [0.717, 1.165) is 5.75 Å². The van der Waals surface area contributed by atoms with Crippen LogP contribution in [0, 0.1) is 5.92 Å². The van der Waals surface area contributed by atoms with E-state index in [1.165, 1.54) is 35.0 Å². The first kappa shape index (κ1) is 12.3. The normalized spacial score (nSPS) is 14.8. The van der Waals surface area contributed by atoms with Crippen molar-refractivity contribution in [3.8, 4) is 5.75 Å². The number of allylic oxidation sites excluding steroid dienone is 1. The van der Waals surface area contributed by atoms with Gasteiger partial charge in [0.25, 0.3) is 0 Å². The van der Waals surface area contributed by atoms with E-state index in [1.54, 1.807) is 14.2 Å². The van der Waals surface area contributed by atoms with Crippen molar-refractivity contribution in [1.29, 1.82) is 0 Å². The van der Waals surface area contributed by atoms with Crippen LogP contribution >= 0.6 is 0 Å². The van der Waals surface area contributed by atoms with Gasteiger partial charge in [0.05, 0.1) is 12.6 Å². The molecule has 1 saturated carbocycles. The molecule has 0 N–H and O–H groups in total. The zero-order chi connectivity index (χ0) is 13.4. The van der Waals surface area contributed by atoms with E-state index >= 15 is 0 Å². The summed E-state index contributed by atoms with van der Waals surface area (Å²) in [5.74, 6) is 1.53. The highest BCUT2D eigenvalue weighted by Crippen LogP contribution is 2.42. The van der Waals surface area contributed by atoms with Crippen LogP contribution in [0.5, 0.6) is 5.75 Å². The van der Waals surface area contributed by atoms with Crippen LogP contribution < -0.4 is 4.74 Å². The number of ether oxygens (including phenoxy) is 2. The van der Waals surface area contributed by atoms with E-state index in [2.05, 4.69) is 29.3 Å². The van der Waals surface area contributed by atoms with Crippen molar-refractivity contribution in [2.24, 2.45) is 5.92 Å². The fourth-order valence-corrected chi connectivity index (χ4v) is 2.55. The number of nitrogens with zero attached hydrogens (tertiary/aromatic N) is 1. The van der Waals surface area contributed by atoms with Crippen LogP contribution in [0.15, 0.2) is 30.8 Å². The number of fused-ring (bicyclic) bond motifs is 1. The minimum Gasteiger partial charge on any atom is -0.497 e. The minimum absolute atomic E-state index is 0.552. The van der Waals surface area contributed by atoms with Crippen LogP contribution in [-0.2, 0) is 11.5 Å². The number of rotatable bonds is 5. The van der Waals surface area contributed by atoms with Gasteiger partial charge in [-0.3, -0.25) is 0 Å². The van der Waals surface area contributed by atoms with Crippen LogP contribution in [0.4, 0.5) is 0 Å². The fourth-order valence-electron chi connectivity index (χ4n) is 2.55. The number of methoxy groups -OCH3 is 2. The van der Waals surface area contributed by atoms with Crippen LogP contribution in [0.2, 0.25) is 0 Å². The molecule has 19 heavy (non-hydrogen) atoms. The van der Waals surface area contributed by atoms with Gasteiger partial charge in [-0.2, -0.15) is 0 Å². The van der Waals surface area contributed by atoms with Crippen molar-refractivity contribution in [3.05, 3.63) is 36.5 Å². The lowest BCUT2D eigenvalue weighted by Gasteiger charge is -2.11. The molecule has 0 atom stereocenters. The molecule has 3 heteroatoms. The molecule has 1 aliphatic carbocycles. The molecule has 0 unspecified atom stereocenters. The molecule has 0 aliphatic heterocycles. The van der Waals surface area contributed by atoms with Crippen molar-refractivity contribution in [1.82, 2.24) is 4.57 Å². The summed E-state index contributed by atoms with van der Waals surface area (Å²) >= 11 is 0. The summed E-state index contributed by atoms with van der Waals surface area (Å²) in [6, 6.07) is 8.32. The first-order valence-electron chi connectivity index (χ1n) is 6.60. The lowest BCUT2D eigenvalue weighted by atomic mass is 10.1. The minimum atomic E-state index is 0.552. The highest BCUT2D eigenvalue weighted by molar-refractivity contribution is 5.87. The molecule has 1 aromatic heterocycles. The van der Waals surface area contributed by atoms with Crippen LogP contribution in [-0.4, -0.2) is 18.8 Å². The Morgan fingerprint density at radius 1 is 1.32 bits per heavy atom. The lowest BCUT2D eigenvalue weighted by molar-refractivity contribution is 0.134. The van der Waals surface area contributed by atoms with E-state index in [0.29, 0.717) is 12.6 Å². The Balaban J connectivity index is 2.13. The number of hydrogen-bond acceptors (Lipinski definition) is 2. The third-order valence-electron chi connectivity index (χ3n) is 3.77. The van der Waals surface area contributed by atoms with Gasteiger partial charge in [-0.1, -0.05) is 6.58 Å². The van der Waals surface area contributed by atoms with Gasteiger partial charge in [0.15, 0.2) is 0 Å². The predicted molar refractivity (Wildman–Crippen MR) is 77.3 cm³/mol. The van der Waals surface area contributed by atoms with E-state index in [1.807, 2.05) is 6.07 Å². The molecule has 1 heterocycles. The van der Waals surface area contributed by atoms with Crippen molar-refractivity contribution < 1.29 is 9.47 Å². The van der Waals surface area contributed by atoms with Crippen molar-refractivity contribution >= 4 is 16.5 Å². The Morgan fingerprint density at radius 3 is 2.74 bits per heavy atom. The third-order valence-corrected chi connectivity index (χ3v) is 3.77. The second-order valence-electron chi connectivity index (χ2n) is 5.10. The fraction of sp³-hybridized carbons (Fsp3) is 0.375. The highest BCUT2D eigenvalue weighted by atomic mass is 16.5. The van der Waals surface area contributed by atoms with Gasteiger partial charge in [-0.15, -0.1) is 0 Å². The van der Waals surface area contributed by atoms with Crippen molar-refractivity contribution in [2.75, 3.05) is 14.2 Å². The Bertz CT molecular complexity index is 623. The Hall–Kier alpha value is -1.74. The maximum absolute atomic E-state index is 5.33. The van der Waals surface area contributed by atoms with E-state index in [9.17, 15) is 0 Å². The van der Waals surface area contributed by atoms with Crippen LogP contribution in [0.25, 0.3) is 16.5 Å². The van der Waals surface area contributed by atoms with Crippen molar-refractivity contribution in [2.45, 2.75) is 19.6 Å². The van der Waals surface area contributed by atoms with Gasteiger partial charge < -0.3 is 14.0 Å². The highest BCUT2D eigenvalue weighted by Gasteiger charge is 2.27. The van der Waals surface area contributed by atoms with E-state index in [-0.39, 0.29) is 0 Å². The summed E-state index contributed by atoms with van der Waals surface area (Å²) in [7, 11) is 3.41. The number of aromatic nitrogens is 1. The average molecular weight is 257 g/mol. The first-order chi connectivity index (χ1) is 9.24. The maximum Gasteiger partial charge on any atom is 0.123 e. The second kappa shape index (κ2) is 4.74. The number of hydrogen-bond donors (Lipinski definition) is 0. The molecule has 0 spiro atoms. The standard InChI is InChI=1S/C16H19NO2/c1-11(12-4-5-12)16-9-13-8-14(19-3)6-7-15(13)17(16)10-18-2/h6-9,12H,1,4-5,10H2,2-3H3. The second-order valence-corrected chi connectivity index (χ2v) is 5.10. The number of benzene rings is 1. The third kappa shape index (κ3) is 2.15. The Morgan fingerprint density at radius 2 is 2.11 bits per heavy atom. The molecule has 0 bridgehead atoms. The largest absolute Gasteiger partial charge is 0.497 e. The molecule has 100 valence electrons. The molecular formula is C16H19NO2. The summed E-state index contributed by atoms with van der Waals surface area (Å²) in [4.78, 5) is 0. The van der Waals surface area contributed by atoms with Gasteiger partial charge in [-0.25, -0.2) is 0 Å². The molecule has 2 aromatic rings. The quantitative estimate of drug-likeness (QED) is 0.815. The van der Waals surface area contributed by atoms with Gasteiger partial charge >= 0.3 is 0 Å². The summed E-state index contributed by atoms with van der Waals surface area (Å²) in [6.07, 6.45) is 2.52. The first-order valence-corrected chi connectivity index (χ1v) is 6.60. The maximum atomic E-state index is 5.33. The summed E-state index contributed by atoms with van der Waals surface area (Å²) in [5, 5.41) is 1.17. The zero-order valence-corrected chi connectivity index (χ0v) is 11.5. The zero-order valence-electron chi connectivity index (χ0n) is 11.5. The van der Waals surface area contributed by atoms with Gasteiger partial charge in [-0.05, 0) is 48.6 Å². The summed E-state index contributed by atoms with van der Waals surface area (Å²) < 4.78 is 12.8. The topological polar surface area (TPSA) is 23.4 Å². The van der Waals surface area contributed by atoms with Crippen molar-refractivity contribution in [3.63, 3.8) is 0 Å². The predicted octanol–water partition coefficient (Wildman–Crippen LogP) is 3.68. The van der Waals surface area contributed by atoms with Crippen LogP contribution in [0.3, 0.4) is 0 Å². The molecule has 0 amide bonds. The Labute approximate surface area is 113 Å². The molecule has 3 rings (SSSR count). The van der Waals surface area contributed by atoms with E-state index in [4.69, 9.17) is 9.47 Å². The van der Waals surface area contributed by atoms with Gasteiger partial charge in [0.1, 0.15) is 12.5 Å². The van der Waals surface area contributed by atoms with E-state index < -0.39 is 0 Å². The molecule has 1 aromatic carbocycles. The Kier molecular flexibility index (Phi) is 3.07. The molecule has 1 aliphatic rings. The lowest BCUT2D eigenvalue weighted by Crippen LogP contribution is -2.04. The molecule has 0 radical (unpaired) electrons. The molecular weight excluding hydrogens is 238 g/mol. The molecule has 3 nitrogen and oxygen atoms in total. The van der Waals surface area contributed by atoms with Crippen LogP contribution in [0.1, 0.15) is 18.5 Å². The molecule has 0 saturated heterocycles. The van der Waals surface area contributed by atoms with Gasteiger partial charge in [0, 0.05) is 18.2 Å². The average Bonchev–Trinajstić information content (AvgIpc) is 3.21. The smallest absolute Gasteiger partial charge is 0.123 e. The van der Waals surface area contributed by atoms with Gasteiger partial charge in [0.2, 0.25) is 0 Å².